The van der Waals surface area contributed by atoms with Gasteiger partial charge in [-0.05, 0) is 81.5 Å². The number of aromatic nitrogens is 3. The van der Waals surface area contributed by atoms with E-state index in [0.29, 0.717) is 54.2 Å². The summed E-state index contributed by atoms with van der Waals surface area (Å²) in [6.07, 6.45) is 6.52. The summed E-state index contributed by atoms with van der Waals surface area (Å²) in [5, 5.41) is 9.14. The average molecular weight is 733 g/mol. The lowest BCUT2D eigenvalue weighted by Gasteiger charge is -2.22. The number of nitrogens with zero attached hydrogens (tertiary/aromatic N) is 5. The molecule has 2 aromatic heterocycles. The van der Waals surface area contributed by atoms with Crippen molar-refractivity contribution in [2.24, 2.45) is 19.1 Å². The molecule has 54 heavy (non-hydrogen) atoms. The number of carbonyl (C=O) groups excluding carboxylic acids is 4. The van der Waals surface area contributed by atoms with Crippen molar-refractivity contribution < 1.29 is 23.9 Å². The number of Topliss-reactive ketones (excluding diaryl/α,β-unsaturated/α-hetero) is 1. The van der Waals surface area contributed by atoms with Crippen molar-refractivity contribution in [1.29, 1.82) is 0 Å². The van der Waals surface area contributed by atoms with E-state index in [1.165, 1.54) is 0 Å². The van der Waals surface area contributed by atoms with Crippen molar-refractivity contribution >= 4 is 46.9 Å². The summed E-state index contributed by atoms with van der Waals surface area (Å²) in [6, 6.07) is 13.1. The number of rotatable bonds is 13. The highest BCUT2D eigenvalue weighted by atomic mass is 16.5. The molecule has 0 unspecified atom stereocenters. The first-order valence-electron chi connectivity index (χ1n) is 18.1. The Balaban J connectivity index is 0.965. The van der Waals surface area contributed by atoms with Crippen molar-refractivity contribution in [3.05, 3.63) is 101 Å². The van der Waals surface area contributed by atoms with E-state index in [4.69, 9.17) is 4.74 Å². The van der Waals surface area contributed by atoms with Crippen LogP contribution in [0.1, 0.15) is 88.2 Å². The number of ether oxygens (including phenoxy) is 1. The van der Waals surface area contributed by atoms with Gasteiger partial charge < -0.3 is 34.7 Å². The minimum absolute atomic E-state index is 0.0368. The highest BCUT2D eigenvalue weighted by molar-refractivity contribution is 6.03. The molecule has 0 radical (unpaired) electrons. The number of aryl methyl sites for hydroxylation is 3. The molecule has 2 aliphatic heterocycles. The van der Waals surface area contributed by atoms with Crippen LogP contribution in [0.3, 0.4) is 0 Å². The van der Waals surface area contributed by atoms with Gasteiger partial charge in [0.25, 0.3) is 11.8 Å². The fraction of sp³-hybridized carbons (Fsp3) is 0.366. The molecule has 2 aliphatic rings. The third-order valence-electron chi connectivity index (χ3n) is 9.25. The number of aliphatic imine (C=N–C) groups is 1. The highest BCUT2D eigenvalue weighted by Gasteiger charge is 2.34. The van der Waals surface area contributed by atoms with Crippen LogP contribution >= 0.6 is 0 Å². The first-order valence-corrected chi connectivity index (χ1v) is 18.1. The molecule has 0 bridgehead atoms. The fourth-order valence-electron chi connectivity index (χ4n) is 6.65. The maximum absolute atomic E-state index is 13.3. The average Bonchev–Trinajstić information content (AvgIpc) is 3.77. The van der Waals surface area contributed by atoms with Gasteiger partial charge in [-0.3, -0.25) is 24.2 Å². The zero-order valence-corrected chi connectivity index (χ0v) is 31.8. The van der Waals surface area contributed by atoms with E-state index in [0.717, 1.165) is 22.4 Å². The SMILES string of the molecule is C=C1C[C@H]2C=Nc3cc(OCCCC(=O)Nc4cn(C)c(C(=O)Cc5cc(C(=O)NCc6ccc(NC(C)(C)C)cc6)n(C)c5)n4)c(C)cc3C(=O)N2C1. The van der Waals surface area contributed by atoms with Crippen molar-refractivity contribution in [3.8, 4) is 5.75 Å². The fourth-order valence-corrected chi connectivity index (χ4v) is 6.65. The van der Waals surface area contributed by atoms with Crippen LogP contribution in [0.4, 0.5) is 17.2 Å². The Morgan fingerprint density at radius 1 is 1.02 bits per heavy atom. The van der Waals surface area contributed by atoms with Crippen molar-refractivity contribution in [2.45, 2.75) is 71.5 Å². The molecule has 1 atom stereocenters. The molecular weight excluding hydrogens is 685 g/mol. The van der Waals surface area contributed by atoms with Crippen molar-refractivity contribution in [2.75, 3.05) is 23.8 Å². The largest absolute Gasteiger partial charge is 0.493 e. The van der Waals surface area contributed by atoms with Gasteiger partial charge in [-0.25, -0.2) is 4.98 Å². The van der Waals surface area contributed by atoms with Gasteiger partial charge in [-0.1, -0.05) is 24.3 Å². The number of nitrogens with one attached hydrogen (secondary N) is 3. The smallest absolute Gasteiger partial charge is 0.268 e. The molecule has 282 valence electrons. The maximum Gasteiger partial charge on any atom is 0.268 e. The molecule has 13 nitrogen and oxygen atoms in total. The molecule has 13 heteroatoms. The van der Waals surface area contributed by atoms with E-state index in [9.17, 15) is 19.2 Å². The molecule has 3 N–H and O–H groups in total. The zero-order chi connectivity index (χ0) is 38.7. The number of hydrogen-bond acceptors (Lipinski definition) is 8. The van der Waals surface area contributed by atoms with Gasteiger partial charge in [0.2, 0.25) is 11.7 Å². The topological polar surface area (TPSA) is 152 Å². The minimum Gasteiger partial charge on any atom is -0.493 e. The standard InChI is InChI=1S/C41H48N8O5/c1-25-15-30-21-42-32-19-35(26(2)16-31(32)40(53)49(30)22-25)54-14-8-9-37(51)44-36-24-48(7)38(45-36)34(50)18-28-17-33(47(6)23-28)39(52)43-20-27-10-12-29(13-11-27)46-41(3,4)5/h10-13,16-17,19,21,23-24,30,46H,1,8-9,14-15,18,20,22H2,2-7H3,(H,43,52)(H,44,51)/t30-/m0/s1. The number of amides is 3. The lowest BCUT2D eigenvalue weighted by molar-refractivity contribution is -0.116. The Kier molecular flexibility index (Phi) is 10.9. The summed E-state index contributed by atoms with van der Waals surface area (Å²) < 4.78 is 9.27. The van der Waals surface area contributed by atoms with Gasteiger partial charge in [-0.15, -0.1) is 0 Å². The van der Waals surface area contributed by atoms with Crippen LogP contribution in [-0.2, 0) is 31.9 Å². The lowest BCUT2D eigenvalue weighted by Crippen LogP contribution is -2.35. The second-order valence-electron chi connectivity index (χ2n) is 15.1. The number of carbonyl (C=O) groups is 4. The molecule has 2 aromatic carbocycles. The van der Waals surface area contributed by atoms with Crippen LogP contribution in [0.2, 0.25) is 0 Å². The predicted octanol–water partition coefficient (Wildman–Crippen LogP) is 5.92. The lowest BCUT2D eigenvalue weighted by atomic mass is 10.1. The Bertz CT molecular complexity index is 2140. The first kappa shape index (κ1) is 37.8. The summed E-state index contributed by atoms with van der Waals surface area (Å²) >= 11 is 0. The van der Waals surface area contributed by atoms with Gasteiger partial charge in [0.05, 0.1) is 23.9 Å². The van der Waals surface area contributed by atoms with E-state index in [-0.39, 0.29) is 66.2 Å². The molecular formula is C41H48N8O5. The molecule has 3 amide bonds. The van der Waals surface area contributed by atoms with Crippen LogP contribution < -0.4 is 20.7 Å². The van der Waals surface area contributed by atoms with Gasteiger partial charge >= 0.3 is 0 Å². The van der Waals surface area contributed by atoms with Gasteiger partial charge in [0.15, 0.2) is 11.6 Å². The van der Waals surface area contributed by atoms with Crippen LogP contribution in [0, 0.1) is 6.92 Å². The summed E-state index contributed by atoms with van der Waals surface area (Å²) in [7, 11) is 3.46. The van der Waals surface area contributed by atoms with E-state index < -0.39 is 0 Å². The Morgan fingerprint density at radius 2 is 1.78 bits per heavy atom. The number of imidazole rings is 1. The Morgan fingerprint density at radius 3 is 2.52 bits per heavy atom. The predicted molar refractivity (Wildman–Crippen MR) is 209 cm³/mol. The van der Waals surface area contributed by atoms with Crippen LogP contribution in [0.5, 0.6) is 5.75 Å². The summed E-state index contributed by atoms with van der Waals surface area (Å²) in [5.74, 6) is 0.262. The van der Waals surface area contributed by atoms with Crippen LogP contribution in [0.25, 0.3) is 0 Å². The van der Waals surface area contributed by atoms with Crippen LogP contribution in [0.15, 0.2) is 72.0 Å². The third-order valence-corrected chi connectivity index (χ3v) is 9.25. The molecule has 6 rings (SSSR count). The van der Waals surface area contributed by atoms with Crippen molar-refractivity contribution in [3.63, 3.8) is 0 Å². The maximum atomic E-state index is 13.3. The molecule has 4 heterocycles. The van der Waals surface area contributed by atoms with Gasteiger partial charge in [0, 0.05) is 75.9 Å². The second kappa shape index (κ2) is 15.6. The second-order valence-corrected chi connectivity index (χ2v) is 15.1. The number of ketones is 1. The zero-order valence-electron chi connectivity index (χ0n) is 31.8. The highest BCUT2D eigenvalue weighted by Crippen LogP contribution is 2.34. The molecule has 4 aromatic rings. The van der Waals surface area contributed by atoms with E-state index in [1.807, 2.05) is 37.3 Å². The molecule has 0 spiro atoms. The molecule has 0 aliphatic carbocycles. The van der Waals surface area contributed by atoms with Gasteiger partial charge in [0.1, 0.15) is 11.4 Å². The van der Waals surface area contributed by atoms with Crippen molar-refractivity contribution in [1.82, 2.24) is 24.3 Å². The van der Waals surface area contributed by atoms with E-state index in [1.54, 1.807) is 58.9 Å². The van der Waals surface area contributed by atoms with Crippen LogP contribution in [-0.4, -0.2) is 73.5 Å². The number of benzene rings is 2. The van der Waals surface area contributed by atoms with E-state index >= 15 is 0 Å². The molecule has 1 saturated heterocycles. The Hall–Kier alpha value is -5.98. The first-order chi connectivity index (χ1) is 25.6. The number of anilines is 2. The summed E-state index contributed by atoms with van der Waals surface area (Å²) in [4.78, 5) is 62.9. The monoisotopic (exact) mass is 732 g/mol. The molecule has 1 fully saturated rings. The number of hydrogen-bond donors (Lipinski definition) is 3. The van der Waals surface area contributed by atoms with Gasteiger partial charge in [-0.2, -0.15) is 0 Å². The normalized spacial score (nSPS) is 15.1. The summed E-state index contributed by atoms with van der Waals surface area (Å²) in [6.45, 7) is 13.4. The van der Waals surface area contributed by atoms with E-state index in [2.05, 4.69) is 53.3 Å². The quantitative estimate of drug-likeness (QED) is 0.0878. The summed E-state index contributed by atoms with van der Waals surface area (Å²) in [5.41, 5.74) is 5.98. The Labute approximate surface area is 315 Å². The minimum atomic E-state index is -0.261. The molecule has 0 saturated carbocycles. The third kappa shape index (κ3) is 8.96. The number of fused-ring (bicyclic) bond motifs is 2.